The van der Waals surface area contributed by atoms with E-state index in [1.54, 1.807) is 7.11 Å². The van der Waals surface area contributed by atoms with Crippen LogP contribution in [-0.2, 0) is 0 Å². The van der Waals surface area contributed by atoms with Crippen LogP contribution in [0.25, 0.3) is 0 Å². The number of methoxy groups -OCH3 is 1. The lowest BCUT2D eigenvalue weighted by Gasteiger charge is -2.37. The van der Waals surface area contributed by atoms with Crippen LogP contribution in [0.5, 0.6) is 5.75 Å². The van der Waals surface area contributed by atoms with Gasteiger partial charge in [-0.2, -0.15) is 0 Å². The first-order valence-corrected chi connectivity index (χ1v) is 8.30. The maximum absolute atomic E-state index is 5.66. The molecule has 1 aliphatic heterocycles. The largest absolute Gasteiger partial charge is 0.497 e. The Balaban J connectivity index is 1.73. The predicted octanol–water partition coefficient (Wildman–Crippen LogP) is 4.01. The summed E-state index contributed by atoms with van der Waals surface area (Å²) in [4.78, 5) is 6.53. The lowest BCUT2D eigenvalue weighted by molar-refractivity contribution is 0.248. The molecule has 1 fully saturated rings. The molecule has 120 valence electrons. The van der Waals surface area contributed by atoms with Crippen molar-refractivity contribution in [1.82, 2.24) is 9.88 Å². The molecule has 1 saturated heterocycles. The van der Waals surface area contributed by atoms with Crippen LogP contribution in [0.3, 0.4) is 0 Å². The van der Waals surface area contributed by atoms with Crippen molar-refractivity contribution in [3.8, 4) is 5.75 Å². The van der Waals surface area contributed by atoms with Crippen LogP contribution < -0.4 is 10.1 Å². The Morgan fingerprint density at radius 3 is 2.78 bits per heavy atom. The number of rotatable bonds is 3. The monoisotopic (exact) mass is 327 g/mol. The number of likely N-dealkylation sites (tertiary alicyclic amines) is 1. The van der Waals surface area contributed by atoms with Gasteiger partial charge in [-0.1, -0.05) is 6.07 Å². The summed E-state index contributed by atoms with van der Waals surface area (Å²) in [5, 5.41) is 4.11. The van der Waals surface area contributed by atoms with Crippen LogP contribution in [-0.4, -0.2) is 28.7 Å². The molecule has 1 atom stereocenters. The van der Waals surface area contributed by atoms with Crippen molar-refractivity contribution in [1.29, 1.82) is 0 Å². The van der Waals surface area contributed by atoms with E-state index in [2.05, 4.69) is 21.3 Å². The van der Waals surface area contributed by atoms with E-state index in [-0.39, 0.29) is 0 Å². The van der Waals surface area contributed by atoms with Crippen molar-refractivity contribution < 1.29 is 4.74 Å². The van der Waals surface area contributed by atoms with Gasteiger partial charge in [-0.05, 0) is 67.4 Å². The fourth-order valence-corrected chi connectivity index (χ4v) is 3.30. The molecule has 1 aliphatic rings. The maximum atomic E-state index is 5.66. The van der Waals surface area contributed by atoms with E-state index in [1.807, 2.05) is 42.7 Å². The van der Waals surface area contributed by atoms with E-state index in [1.165, 1.54) is 18.4 Å². The summed E-state index contributed by atoms with van der Waals surface area (Å²) in [5.74, 6) is 0.840. The first kappa shape index (κ1) is 15.7. The molecule has 2 aromatic rings. The Bertz CT molecular complexity index is 645. The van der Waals surface area contributed by atoms with Gasteiger partial charge >= 0.3 is 0 Å². The molecular formula is C18H21N3OS. The summed E-state index contributed by atoms with van der Waals surface area (Å²) in [7, 11) is 1.67. The van der Waals surface area contributed by atoms with Crippen molar-refractivity contribution in [3.63, 3.8) is 0 Å². The topological polar surface area (TPSA) is 37.4 Å². The molecule has 0 radical (unpaired) electrons. The van der Waals surface area contributed by atoms with Crippen LogP contribution in [0.15, 0.2) is 48.8 Å². The molecule has 0 saturated carbocycles. The SMILES string of the molecule is COc1ccc(NC(=S)N2CCCC[C@@H]2c2cccnc2)cc1. The maximum Gasteiger partial charge on any atom is 0.173 e. The highest BCUT2D eigenvalue weighted by Gasteiger charge is 2.26. The number of pyridine rings is 1. The number of piperidine rings is 1. The molecule has 1 aromatic carbocycles. The zero-order valence-electron chi connectivity index (χ0n) is 13.2. The number of anilines is 1. The summed E-state index contributed by atoms with van der Waals surface area (Å²) in [6.07, 6.45) is 7.25. The highest BCUT2D eigenvalue weighted by Crippen LogP contribution is 2.31. The van der Waals surface area contributed by atoms with Gasteiger partial charge < -0.3 is 15.0 Å². The van der Waals surface area contributed by atoms with Crippen molar-refractivity contribution in [3.05, 3.63) is 54.4 Å². The third-order valence-corrected chi connectivity index (χ3v) is 4.51. The van der Waals surface area contributed by atoms with E-state index < -0.39 is 0 Å². The number of aromatic nitrogens is 1. The van der Waals surface area contributed by atoms with Gasteiger partial charge in [0.25, 0.3) is 0 Å². The third-order valence-electron chi connectivity index (χ3n) is 4.17. The van der Waals surface area contributed by atoms with Crippen molar-refractivity contribution >= 4 is 23.0 Å². The molecule has 1 aromatic heterocycles. The quantitative estimate of drug-likeness (QED) is 0.862. The molecule has 23 heavy (non-hydrogen) atoms. The van der Waals surface area contributed by atoms with E-state index in [4.69, 9.17) is 17.0 Å². The zero-order chi connectivity index (χ0) is 16.1. The molecule has 3 rings (SSSR count). The summed E-state index contributed by atoms with van der Waals surface area (Å²) in [5.41, 5.74) is 2.21. The second-order valence-corrected chi connectivity index (χ2v) is 6.04. The molecule has 4 nitrogen and oxygen atoms in total. The van der Waals surface area contributed by atoms with E-state index in [9.17, 15) is 0 Å². The highest BCUT2D eigenvalue weighted by atomic mass is 32.1. The number of hydrogen-bond acceptors (Lipinski definition) is 3. The van der Waals surface area contributed by atoms with Gasteiger partial charge in [0.15, 0.2) is 5.11 Å². The number of ether oxygens (including phenoxy) is 1. The van der Waals surface area contributed by atoms with Gasteiger partial charge in [-0.3, -0.25) is 4.98 Å². The van der Waals surface area contributed by atoms with E-state index in [0.29, 0.717) is 6.04 Å². The number of hydrogen-bond donors (Lipinski definition) is 1. The lowest BCUT2D eigenvalue weighted by atomic mass is 9.97. The number of nitrogens with zero attached hydrogens (tertiary/aromatic N) is 2. The number of benzene rings is 1. The third kappa shape index (κ3) is 3.79. The van der Waals surface area contributed by atoms with Crippen LogP contribution >= 0.6 is 12.2 Å². The van der Waals surface area contributed by atoms with Crippen LogP contribution in [0.1, 0.15) is 30.9 Å². The molecule has 0 aliphatic carbocycles. The Morgan fingerprint density at radius 2 is 2.09 bits per heavy atom. The Morgan fingerprint density at radius 1 is 1.26 bits per heavy atom. The fraction of sp³-hybridized carbons (Fsp3) is 0.333. The summed E-state index contributed by atoms with van der Waals surface area (Å²) < 4.78 is 5.19. The molecule has 5 heteroatoms. The normalized spacial score (nSPS) is 17.6. The standard InChI is InChI=1S/C18H21N3OS/c1-22-16-9-7-15(8-10-16)20-18(23)21-12-3-2-6-17(21)14-5-4-11-19-13-14/h4-5,7-11,13,17H,2-3,6,12H2,1H3,(H,20,23)/t17-/m1/s1. The van der Waals surface area contributed by atoms with Crippen molar-refractivity contribution in [2.24, 2.45) is 0 Å². The smallest absolute Gasteiger partial charge is 0.173 e. The number of thiocarbonyl (C=S) groups is 1. The molecular weight excluding hydrogens is 306 g/mol. The Kier molecular flexibility index (Phi) is 5.08. The molecule has 0 unspecified atom stereocenters. The summed E-state index contributed by atoms with van der Waals surface area (Å²) in [6.45, 7) is 0.974. The predicted molar refractivity (Wildman–Crippen MR) is 96.7 cm³/mol. The van der Waals surface area contributed by atoms with Crippen LogP contribution in [0.2, 0.25) is 0 Å². The van der Waals surface area contributed by atoms with Gasteiger partial charge in [0.05, 0.1) is 13.2 Å². The minimum absolute atomic E-state index is 0.302. The minimum Gasteiger partial charge on any atom is -0.497 e. The molecule has 0 spiro atoms. The fourth-order valence-electron chi connectivity index (χ4n) is 2.96. The van der Waals surface area contributed by atoms with E-state index >= 15 is 0 Å². The molecule has 2 heterocycles. The number of nitrogens with one attached hydrogen (secondary N) is 1. The second-order valence-electron chi connectivity index (χ2n) is 5.65. The lowest BCUT2D eigenvalue weighted by Crippen LogP contribution is -2.41. The van der Waals surface area contributed by atoms with Crippen molar-refractivity contribution in [2.75, 3.05) is 19.0 Å². The molecule has 1 N–H and O–H groups in total. The van der Waals surface area contributed by atoms with Gasteiger partial charge in [-0.15, -0.1) is 0 Å². The van der Waals surface area contributed by atoms with Gasteiger partial charge in [0.2, 0.25) is 0 Å². The average Bonchev–Trinajstić information content (AvgIpc) is 2.63. The molecule has 0 amide bonds. The minimum atomic E-state index is 0.302. The van der Waals surface area contributed by atoms with Crippen LogP contribution in [0, 0.1) is 0 Å². The van der Waals surface area contributed by atoms with Gasteiger partial charge in [0.1, 0.15) is 5.75 Å². The van der Waals surface area contributed by atoms with E-state index in [0.717, 1.165) is 29.5 Å². The van der Waals surface area contributed by atoms with Gasteiger partial charge in [0, 0.05) is 24.6 Å². The Labute approximate surface area is 142 Å². The first-order valence-electron chi connectivity index (χ1n) is 7.89. The first-order chi connectivity index (χ1) is 11.3. The zero-order valence-corrected chi connectivity index (χ0v) is 14.1. The highest BCUT2D eigenvalue weighted by molar-refractivity contribution is 7.80. The molecule has 0 bridgehead atoms. The van der Waals surface area contributed by atoms with Gasteiger partial charge in [-0.25, -0.2) is 0 Å². The summed E-state index contributed by atoms with van der Waals surface area (Å²) >= 11 is 5.66. The average molecular weight is 327 g/mol. The van der Waals surface area contributed by atoms with Crippen molar-refractivity contribution in [2.45, 2.75) is 25.3 Å². The summed E-state index contributed by atoms with van der Waals surface area (Å²) in [6, 6.07) is 12.2. The van der Waals surface area contributed by atoms with Crippen LogP contribution in [0.4, 0.5) is 5.69 Å². The Hall–Kier alpha value is -2.14. The second kappa shape index (κ2) is 7.42.